The van der Waals surface area contributed by atoms with Gasteiger partial charge in [-0.1, -0.05) is 13.3 Å². The third-order valence-electron chi connectivity index (χ3n) is 6.95. The number of hydrogen-bond donors (Lipinski definition) is 1. The molecule has 3 aliphatic rings. The average Bonchev–Trinajstić information content (AvgIpc) is 3.16. The van der Waals surface area contributed by atoms with Crippen LogP contribution in [0.2, 0.25) is 0 Å². The molecule has 154 valence electrons. The highest BCUT2D eigenvalue weighted by Gasteiger charge is 2.48. The number of aromatic amines is 1. The Labute approximate surface area is 166 Å². The molecule has 0 aliphatic carbocycles. The Morgan fingerprint density at radius 1 is 1.18 bits per heavy atom. The molecule has 0 bridgehead atoms. The van der Waals surface area contributed by atoms with E-state index in [0.29, 0.717) is 32.2 Å². The van der Waals surface area contributed by atoms with Crippen LogP contribution in [-0.4, -0.2) is 76.2 Å². The Balaban J connectivity index is 1.45. The maximum absolute atomic E-state index is 13.5. The Bertz CT molecular complexity index is 684. The molecule has 1 aromatic rings. The lowest BCUT2D eigenvalue weighted by atomic mass is 9.65. The molecule has 1 aromatic heterocycles. The maximum Gasteiger partial charge on any atom is 0.291 e. The maximum atomic E-state index is 13.5. The molecular formula is C20H31N5O3. The second-order valence-corrected chi connectivity index (χ2v) is 8.75. The molecule has 0 aromatic carbocycles. The van der Waals surface area contributed by atoms with Gasteiger partial charge in [-0.25, -0.2) is 4.98 Å². The van der Waals surface area contributed by atoms with Crippen molar-refractivity contribution in [2.75, 3.05) is 39.4 Å². The topological polar surface area (TPSA) is 91.4 Å². The highest BCUT2D eigenvalue weighted by atomic mass is 16.5. The molecule has 0 saturated carbocycles. The summed E-state index contributed by atoms with van der Waals surface area (Å²) >= 11 is 0. The van der Waals surface area contributed by atoms with Gasteiger partial charge in [0.2, 0.25) is 11.7 Å². The molecule has 8 nitrogen and oxygen atoms in total. The number of hydrogen-bond acceptors (Lipinski definition) is 5. The first-order chi connectivity index (χ1) is 13.6. The van der Waals surface area contributed by atoms with Gasteiger partial charge in [0.05, 0.1) is 12.5 Å². The number of rotatable bonds is 2. The number of nitrogens with zero attached hydrogens (tertiary/aromatic N) is 4. The van der Waals surface area contributed by atoms with Crippen molar-refractivity contribution in [3.05, 3.63) is 12.2 Å². The Morgan fingerprint density at radius 2 is 2.00 bits per heavy atom. The number of ether oxygens (including phenoxy) is 1. The van der Waals surface area contributed by atoms with Crippen LogP contribution in [0.3, 0.4) is 0 Å². The van der Waals surface area contributed by atoms with E-state index >= 15 is 0 Å². The van der Waals surface area contributed by atoms with E-state index in [9.17, 15) is 9.59 Å². The zero-order chi connectivity index (χ0) is 19.6. The largest absolute Gasteiger partial charge is 0.381 e. The lowest BCUT2D eigenvalue weighted by Gasteiger charge is -2.49. The molecule has 2 atom stereocenters. The van der Waals surface area contributed by atoms with Crippen LogP contribution in [0, 0.1) is 17.3 Å². The molecule has 28 heavy (non-hydrogen) atoms. The van der Waals surface area contributed by atoms with Gasteiger partial charge in [-0.3, -0.25) is 14.7 Å². The fourth-order valence-electron chi connectivity index (χ4n) is 5.15. The van der Waals surface area contributed by atoms with E-state index in [1.54, 1.807) is 0 Å². The number of piperidine rings is 1. The van der Waals surface area contributed by atoms with Crippen molar-refractivity contribution < 1.29 is 14.3 Å². The highest BCUT2D eigenvalue weighted by molar-refractivity contribution is 5.90. The van der Waals surface area contributed by atoms with Gasteiger partial charge in [0.1, 0.15) is 6.33 Å². The zero-order valence-corrected chi connectivity index (χ0v) is 16.7. The van der Waals surface area contributed by atoms with Crippen LogP contribution >= 0.6 is 0 Å². The van der Waals surface area contributed by atoms with Crippen molar-refractivity contribution in [1.82, 2.24) is 25.0 Å². The molecule has 3 fully saturated rings. The van der Waals surface area contributed by atoms with Crippen LogP contribution in [0.15, 0.2) is 6.33 Å². The predicted octanol–water partition coefficient (Wildman–Crippen LogP) is 1.71. The minimum atomic E-state index is -0.108. The fourth-order valence-corrected chi connectivity index (χ4v) is 5.15. The number of aromatic nitrogens is 3. The first kappa shape index (κ1) is 19.4. The van der Waals surface area contributed by atoms with Gasteiger partial charge in [-0.15, -0.1) is 0 Å². The summed E-state index contributed by atoms with van der Waals surface area (Å²) in [5.41, 5.74) is -0.0525. The monoisotopic (exact) mass is 389 g/mol. The second-order valence-electron chi connectivity index (χ2n) is 8.75. The van der Waals surface area contributed by atoms with Gasteiger partial charge < -0.3 is 14.5 Å². The summed E-state index contributed by atoms with van der Waals surface area (Å²) in [6.07, 6.45) is 7.44. The molecule has 2 amide bonds. The summed E-state index contributed by atoms with van der Waals surface area (Å²) < 4.78 is 5.76. The normalized spacial score (nSPS) is 28.2. The molecule has 1 spiro atoms. The number of carbonyl (C=O) groups is 2. The van der Waals surface area contributed by atoms with Gasteiger partial charge in [-0.05, 0) is 43.4 Å². The second kappa shape index (κ2) is 8.19. The lowest BCUT2D eigenvalue weighted by Crippen LogP contribution is -2.54. The summed E-state index contributed by atoms with van der Waals surface area (Å²) in [4.78, 5) is 33.9. The number of carbonyl (C=O) groups excluding carboxylic acids is 2. The van der Waals surface area contributed by atoms with Crippen molar-refractivity contribution in [3.8, 4) is 0 Å². The molecule has 0 radical (unpaired) electrons. The standard InChI is InChI=1S/C20H31N5O3/c1-15-4-2-3-8-25(12-15)18(26)16-13-28-11-7-20(16)5-9-24(10-6-20)19(27)17-21-14-22-23-17/h14-16H,2-13H2,1H3,(H,21,22,23)/t15-,16+/m1/s1. The van der Waals surface area contributed by atoms with Gasteiger partial charge in [0, 0.05) is 32.8 Å². The first-order valence-electron chi connectivity index (χ1n) is 10.6. The Hall–Kier alpha value is -1.96. The number of likely N-dealkylation sites (tertiary alicyclic amines) is 2. The van der Waals surface area contributed by atoms with Crippen LogP contribution in [0.4, 0.5) is 0 Å². The minimum Gasteiger partial charge on any atom is -0.381 e. The van der Waals surface area contributed by atoms with Crippen LogP contribution < -0.4 is 0 Å². The third kappa shape index (κ3) is 3.79. The molecule has 8 heteroatoms. The van der Waals surface area contributed by atoms with Crippen molar-refractivity contribution in [3.63, 3.8) is 0 Å². The first-order valence-corrected chi connectivity index (χ1v) is 10.6. The van der Waals surface area contributed by atoms with Crippen molar-refractivity contribution in [2.45, 2.75) is 45.4 Å². The number of H-pyrrole nitrogens is 1. The van der Waals surface area contributed by atoms with Crippen LogP contribution in [0.25, 0.3) is 0 Å². The summed E-state index contributed by atoms with van der Waals surface area (Å²) in [6.45, 7) is 6.50. The smallest absolute Gasteiger partial charge is 0.291 e. The van der Waals surface area contributed by atoms with E-state index in [2.05, 4.69) is 27.0 Å². The van der Waals surface area contributed by atoms with Gasteiger partial charge >= 0.3 is 0 Å². The van der Waals surface area contributed by atoms with E-state index in [-0.39, 0.29) is 29.0 Å². The highest BCUT2D eigenvalue weighted by Crippen LogP contribution is 2.45. The molecule has 3 aliphatic heterocycles. The van der Waals surface area contributed by atoms with E-state index in [1.165, 1.54) is 19.2 Å². The van der Waals surface area contributed by atoms with Crippen LogP contribution in [-0.2, 0) is 9.53 Å². The lowest BCUT2D eigenvalue weighted by molar-refractivity contribution is -0.153. The average molecular weight is 390 g/mol. The fraction of sp³-hybridized carbons (Fsp3) is 0.800. The van der Waals surface area contributed by atoms with Crippen molar-refractivity contribution >= 4 is 11.8 Å². The van der Waals surface area contributed by atoms with Gasteiger partial charge in [-0.2, -0.15) is 5.10 Å². The van der Waals surface area contributed by atoms with E-state index in [0.717, 1.165) is 38.8 Å². The molecule has 4 heterocycles. The number of amides is 2. The Kier molecular flexibility index (Phi) is 5.66. The van der Waals surface area contributed by atoms with E-state index in [4.69, 9.17) is 4.74 Å². The van der Waals surface area contributed by atoms with Gasteiger partial charge in [0.25, 0.3) is 5.91 Å². The van der Waals surface area contributed by atoms with Crippen molar-refractivity contribution in [2.24, 2.45) is 17.3 Å². The molecule has 3 saturated heterocycles. The number of nitrogens with one attached hydrogen (secondary N) is 1. The molecule has 1 N–H and O–H groups in total. The molecule has 0 unspecified atom stereocenters. The predicted molar refractivity (Wildman–Crippen MR) is 102 cm³/mol. The molecule has 4 rings (SSSR count). The summed E-state index contributed by atoms with van der Waals surface area (Å²) in [5, 5.41) is 6.42. The zero-order valence-electron chi connectivity index (χ0n) is 16.7. The third-order valence-corrected chi connectivity index (χ3v) is 6.95. The van der Waals surface area contributed by atoms with E-state index < -0.39 is 0 Å². The SMILES string of the molecule is C[C@@H]1CCCCN(C(=O)[C@@H]2COCCC23CCN(C(=O)c2ncn[nH]2)CC3)C1. The Morgan fingerprint density at radius 3 is 2.75 bits per heavy atom. The minimum absolute atomic E-state index is 0.0525. The summed E-state index contributed by atoms with van der Waals surface area (Å²) in [6, 6.07) is 0. The summed E-state index contributed by atoms with van der Waals surface area (Å²) in [7, 11) is 0. The van der Waals surface area contributed by atoms with Gasteiger partial charge in [0.15, 0.2) is 0 Å². The van der Waals surface area contributed by atoms with Crippen molar-refractivity contribution in [1.29, 1.82) is 0 Å². The quantitative estimate of drug-likeness (QED) is 0.831. The van der Waals surface area contributed by atoms with Crippen LogP contribution in [0.5, 0.6) is 0 Å². The molecular weight excluding hydrogens is 358 g/mol. The van der Waals surface area contributed by atoms with Crippen LogP contribution in [0.1, 0.15) is 56.1 Å². The summed E-state index contributed by atoms with van der Waals surface area (Å²) in [5.74, 6) is 0.920. The van der Waals surface area contributed by atoms with E-state index in [1.807, 2.05) is 4.90 Å².